The van der Waals surface area contributed by atoms with Gasteiger partial charge < -0.3 is 5.32 Å². The number of aromatic nitrogens is 6. The van der Waals surface area contributed by atoms with Gasteiger partial charge in [0, 0.05) is 25.1 Å². The van der Waals surface area contributed by atoms with Gasteiger partial charge in [0.25, 0.3) is 0 Å². The van der Waals surface area contributed by atoms with Gasteiger partial charge in [0.2, 0.25) is 11.7 Å². The minimum Gasteiger partial charge on any atom is -0.352 e. The van der Waals surface area contributed by atoms with Crippen molar-refractivity contribution < 1.29 is 9.72 Å². The number of H-pyrrole nitrogens is 1. The van der Waals surface area contributed by atoms with Crippen LogP contribution in [0.25, 0.3) is 11.4 Å². The van der Waals surface area contributed by atoms with E-state index in [0.717, 1.165) is 17.3 Å². The summed E-state index contributed by atoms with van der Waals surface area (Å²) in [4.78, 5) is 21.9. The summed E-state index contributed by atoms with van der Waals surface area (Å²) in [5.41, 5.74) is 1.65. The van der Waals surface area contributed by atoms with E-state index in [4.69, 9.17) is 0 Å². The van der Waals surface area contributed by atoms with Crippen molar-refractivity contribution in [2.45, 2.75) is 19.5 Å². The second-order valence-corrected chi connectivity index (χ2v) is 5.18. The summed E-state index contributed by atoms with van der Waals surface area (Å²) in [6.45, 7) is 0.654. The number of aromatic amines is 1. The highest BCUT2D eigenvalue weighted by Gasteiger charge is 2.10. The monoisotopic (exact) mass is 342 g/mol. The molecule has 0 aliphatic carbocycles. The number of carbonyl (C=O) groups is 1. The summed E-state index contributed by atoms with van der Waals surface area (Å²) in [5.74, 6) is 0.337. The van der Waals surface area contributed by atoms with Crippen LogP contribution in [0, 0.1) is 10.1 Å². The van der Waals surface area contributed by atoms with E-state index in [0.29, 0.717) is 12.4 Å². The Hall–Kier alpha value is -3.63. The normalized spacial score (nSPS) is 10.6. The third kappa shape index (κ3) is 4.22. The zero-order chi connectivity index (χ0) is 17.6. The van der Waals surface area contributed by atoms with Crippen molar-refractivity contribution in [1.29, 1.82) is 0 Å². The number of amides is 1. The Kier molecular flexibility index (Phi) is 4.74. The average molecular weight is 342 g/mol. The standard InChI is InChI=1S/C14H14N8O3/c23-13(5-6-21-9-12(8-16-21)22(24)25)15-7-10-1-3-11(4-2-10)14-17-19-20-18-14/h1-4,8-9H,5-7H2,(H,15,23)(H,17,18,19,20). The van der Waals surface area contributed by atoms with Crippen molar-refractivity contribution in [3.63, 3.8) is 0 Å². The topological polar surface area (TPSA) is 145 Å². The van der Waals surface area contributed by atoms with E-state index < -0.39 is 4.92 Å². The second-order valence-electron chi connectivity index (χ2n) is 5.18. The Morgan fingerprint density at radius 2 is 2.12 bits per heavy atom. The Balaban J connectivity index is 1.46. The zero-order valence-corrected chi connectivity index (χ0v) is 13.0. The third-order valence-corrected chi connectivity index (χ3v) is 3.45. The lowest BCUT2D eigenvalue weighted by Gasteiger charge is -2.06. The smallest absolute Gasteiger partial charge is 0.306 e. The molecule has 1 aromatic carbocycles. The van der Waals surface area contributed by atoms with Gasteiger partial charge in [0.1, 0.15) is 12.4 Å². The first kappa shape index (κ1) is 16.2. The molecule has 0 aliphatic heterocycles. The lowest BCUT2D eigenvalue weighted by atomic mass is 10.1. The van der Waals surface area contributed by atoms with E-state index in [1.165, 1.54) is 10.9 Å². The lowest BCUT2D eigenvalue weighted by Crippen LogP contribution is -2.24. The van der Waals surface area contributed by atoms with Gasteiger partial charge in [-0.2, -0.15) is 10.3 Å². The highest BCUT2D eigenvalue weighted by atomic mass is 16.6. The molecule has 0 unspecified atom stereocenters. The summed E-state index contributed by atoms with van der Waals surface area (Å²) < 4.78 is 1.37. The number of nitrogens with one attached hydrogen (secondary N) is 2. The summed E-state index contributed by atoms with van der Waals surface area (Å²) in [7, 11) is 0. The fourth-order valence-corrected chi connectivity index (χ4v) is 2.13. The van der Waals surface area contributed by atoms with Gasteiger partial charge in [0.05, 0.1) is 4.92 Å². The van der Waals surface area contributed by atoms with Crippen LogP contribution in [0.15, 0.2) is 36.7 Å². The minimum atomic E-state index is -0.526. The van der Waals surface area contributed by atoms with E-state index >= 15 is 0 Å². The van der Waals surface area contributed by atoms with Crippen LogP contribution in [0.4, 0.5) is 5.69 Å². The number of carbonyl (C=O) groups excluding carboxylic acids is 1. The molecule has 2 aromatic heterocycles. The molecule has 2 N–H and O–H groups in total. The van der Waals surface area contributed by atoms with Crippen LogP contribution >= 0.6 is 0 Å². The number of nitro groups is 1. The summed E-state index contributed by atoms with van der Waals surface area (Å²) >= 11 is 0. The SMILES string of the molecule is O=C(CCn1cc([N+](=O)[O-])cn1)NCc1ccc(-c2nn[nH]n2)cc1. The minimum absolute atomic E-state index is 0.0953. The molecule has 3 rings (SSSR count). The largest absolute Gasteiger partial charge is 0.352 e. The molecule has 0 atom stereocenters. The molecule has 0 radical (unpaired) electrons. The molecule has 0 fully saturated rings. The van der Waals surface area contributed by atoms with E-state index in [1.54, 1.807) is 0 Å². The van der Waals surface area contributed by atoms with Crippen LogP contribution in [0.1, 0.15) is 12.0 Å². The van der Waals surface area contributed by atoms with Gasteiger partial charge in [-0.3, -0.25) is 19.6 Å². The zero-order valence-electron chi connectivity index (χ0n) is 13.0. The maximum Gasteiger partial charge on any atom is 0.306 e. The Labute approximate surface area is 141 Å². The molecule has 0 aliphatic rings. The Morgan fingerprint density at radius 3 is 2.76 bits per heavy atom. The average Bonchev–Trinajstić information content (AvgIpc) is 3.30. The number of tetrazole rings is 1. The van der Waals surface area contributed by atoms with Crippen LogP contribution in [0.3, 0.4) is 0 Å². The third-order valence-electron chi connectivity index (χ3n) is 3.45. The maximum absolute atomic E-state index is 11.9. The molecule has 25 heavy (non-hydrogen) atoms. The van der Waals surface area contributed by atoms with Gasteiger partial charge in [-0.25, -0.2) is 0 Å². The number of hydrogen-bond donors (Lipinski definition) is 2. The predicted octanol–water partition coefficient (Wildman–Crippen LogP) is 0.678. The molecular formula is C14H14N8O3. The number of nitrogens with zero attached hydrogens (tertiary/aromatic N) is 6. The van der Waals surface area contributed by atoms with E-state index in [9.17, 15) is 14.9 Å². The maximum atomic E-state index is 11.9. The van der Waals surface area contributed by atoms with Crippen molar-refractivity contribution in [1.82, 2.24) is 35.7 Å². The van der Waals surface area contributed by atoms with E-state index in [-0.39, 0.29) is 24.6 Å². The molecule has 128 valence electrons. The molecule has 0 saturated carbocycles. The van der Waals surface area contributed by atoms with Crippen molar-refractivity contribution in [2.24, 2.45) is 0 Å². The number of rotatable bonds is 7. The highest BCUT2D eigenvalue weighted by Crippen LogP contribution is 2.13. The number of hydrogen-bond acceptors (Lipinski definition) is 7. The molecule has 0 bridgehead atoms. The molecule has 11 nitrogen and oxygen atoms in total. The fourth-order valence-electron chi connectivity index (χ4n) is 2.13. The van der Waals surface area contributed by atoms with Gasteiger partial charge in [0.15, 0.2) is 0 Å². The van der Waals surface area contributed by atoms with Crippen molar-refractivity contribution in [3.05, 3.63) is 52.3 Å². The van der Waals surface area contributed by atoms with Crippen molar-refractivity contribution in [2.75, 3.05) is 0 Å². The molecular weight excluding hydrogens is 328 g/mol. The van der Waals surface area contributed by atoms with Gasteiger partial charge in [-0.15, -0.1) is 10.2 Å². The quantitative estimate of drug-likeness (QED) is 0.474. The van der Waals surface area contributed by atoms with Crippen molar-refractivity contribution in [3.8, 4) is 11.4 Å². The van der Waals surface area contributed by atoms with Crippen LogP contribution in [0.5, 0.6) is 0 Å². The predicted molar refractivity (Wildman–Crippen MR) is 85.0 cm³/mol. The van der Waals surface area contributed by atoms with Crippen LogP contribution in [-0.2, 0) is 17.9 Å². The second kappa shape index (κ2) is 7.29. The fraction of sp³-hybridized carbons (Fsp3) is 0.214. The lowest BCUT2D eigenvalue weighted by molar-refractivity contribution is -0.385. The number of benzene rings is 1. The molecule has 2 heterocycles. The van der Waals surface area contributed by atoms with Crippen LogP contribution in [-0.4, -0.2) is 41.2 Å². The molecule has 3 aromatic rings. The van der Waals surface area contributed by atoms with E-state index in [1.807, 2.05) is 24.3 Å². The van der Waals surface area contributed by atoms with Crippen LogP contribution < -0.4 is 5.32 Å². The molecule has 0 saturated heterocycles. The summed E-state index contributed by atoms with van der Waals surface area (Å²) in [5, 5.41) is 30.9. The Bertz CT molecular complexity index is 857. The van der Waals surface area contributed by atoms with E-state index in [2.05, 4.69) is 31.0 Å². The number of aryl methyl sites for hydroxylation is 1. The highest BCUT2D eigenvalue weighted by molar-refractivity contribution is 5.75. The summed E-state index contributed by atoms with van der Waals surface area (Å²) in [6.07, 6.45) is 2.63. The first-order chi connectivity index (χ1) is 12.1. The molecule has 1 amide bonds. The van der Waals surface area contributed by atoms with Gasteiger partial charge in [-0.1, -0.05) is 24.3 Å². The molecule has 11 heteroatoms. The first-order valence-corrected chi connectivity index (χ1v) is 7.38. The van der Waals surface area contributed by atoms with Crippen molar-refractivity contribution >= 4 is 11.6 Å². The van der Waals surface area contributed by atoms with Crippen LogP contribution in [0.2, 0.25) is 0 Å². The Morgan fingerprint density at radius 1 is 1.32 bits per heavy atom. The van der Waals surface area contributed by atoms with Gasteiger partial charge >= 0.3 is 5.69 Å². The van der Waals surface area contributed by atoms with Gasteiger partial charge in [-0.05, 0) is 10.8 Å². The molecule has 0 spiro atoms. The summed E-state index contributed by atoms with van der Waals surface area (Å²) in [6, 6.07) is 7.41. The first-order valence-electron chi connectivity index (χ1n) is 7.38.